The number of nitrogens with zero attached hydrogens (tertiary/aromatic N) is 5. The second-order valence-corrected chi connectivity index (χ2v) is 10.5. The van der Waals surface area contributed by atoms with E-state index in [1.807, 2.05) is 59.1 Å². The third-order valence-corrected chi connectivity index (χ3v) is 8.37. The SMILES string of the molecule is COc1cc([C@]2(C#N)CC[C@H](N3CCOCC3)CC2)ccc1Nc1ncc2ccc(-c3ccccc3OC)n2n1. The Morgan fingerprint density at radius 3 is 2.52 bits per heavy atom. The van der Waals surface area contributed by atoms with Crippen molar-refractivity contribution >= 4 is 17.2 Å². The maximum atomic E-state index is 10.3. The Balaban J connectivity index is 1.24. The number of nitrogens with one attached hydrogen (secondary N) is 1. The predicted molar refractivity (Wildman–Crippen MR) is 153 cm³/mol. The largest absolute Gasteiger partial charge is 0.496 e. The number of ether oxygens (including phenoxy) is 3. The lowest BCUT2D eigenvalue weighted by atomic mass is 9.69. The van der Waals surface area contributed by atoms with Gasteiger partial charge in [-0.25, -0.2) is 9.50 Å². The lowest BCUT2D eigenvalue weighted by molar-refractivity contribution is 0.00507. The highest BCUT2D eigenvalue weighted by Gasteiger charge is 2.39. The molecule has 9 nitrogen and oxygen atoms in total. The lowest BCUT2D eigenvalue weighted by Crippen LogP contribution is -2.47. The van der Waals surface area contributed by atoms with Gasteiger partial charge < -0.3 is 19.5 Å². The number of aromatic nitrogens is 3. The summed E-state index contributed by atoms with van der Waals surface area (Å²) in [6.45, 7) is 3.56. The minimum Gasteiger partial charge on any atom is -0.496 e. The molecule has 0 amide bonds. The Bertz CT molecular complexity index is 1530. The molecule has 6 rings (SSSR count). The van der Waals surface area contributed by atoms with Crippen LogP contribution in [0.5, 0.6) is 11.5 Å². The summed E-state index contributed by atoms with van der Waals surface area (Å²) >= 11 is 0. The molecule has 0 atom stereocenters. The molecule has 1 aliphatic carbocycles. The van der Waals surface area contributed by atoms with Gasteiger partial charge in [-0.1, -0.05) is 18.2 Å². The fourth-order valence-corrected chi connectivity index (χ4v) is 6.10. The van der Waals surface area contributed by atoms with Crippen LogP contribution in [0.25, 0.3) is 16.8 Å². The summed E-state index contributed by atoms with van der Waals surface area (Å²) in [6, 6.07) is 21.1. The fourth-order valence-electron chi connectivity index (χ4n) is 6.10. The van der Waals surface area contributed by atoms with Crippen LogP contribution in [0.1, 0.15) is 31.2 Å². The first-order valence-electron chi connectivity index (χ1n) is 13.8. The quantitative estimate of drug-likeness (QED) is 0.343. The van der Waals surface area contributed by atoms with Gasteiger partial charge in [-0.05, 0) is 67.6 Å². The fraction of sp³-hybridized carbons (Fsp3) is 0.387. The van der Waals surface area contributed by atoms with E-state index in [0.29, 0.717) is 17.7 Å². The molecule has 206 valence electrons. The summed E-state index contributed by atoms with van der Waals surface area (Å²) < 4.78 is 18.7. The van der Waals surface area contributed by atoms with Gasteiger partial charge in [-0.2, -0.15) is 5.26 Å². The minimum atomic E-state index is -0.515. The van der Waals surface area contributed by atoms with Crippen molar-refractivity contribution in [3.8, 4) is 28.8 Å². The predicted octanol–water partition coefficient (Wildman–Crippen LogP) is 5.19. The Hall–Kier alpha value is -4.13. The number of hydrogen-bond donors (Lipinski definition) is 1. The number of para-hydroxylation sites is 1. The van der Waals surface area contributed by atoms with Crippen molar-refractivity contribution in [2.45, 2.75) is 37.1 Å². The first-order valence-corrected chi connectivity index (χ1v) is 13.8. The average Bonchev–Trinajstić information content (AvgIpc) is 3.45. The molecule has 0 radical (unpaired) electrons. The maximum absolute atomic E-state index is 10.3. The Labute approximate surface area is 234 Å². The molecular weight excluding hydrogens is 504 g/mol. The third-order valence-electron chi connectivity index (χ3n) is 8.37. The summed E-state index contributed by atoms with van der Waals surface area (Å²) in [4.78, 5) is 7.05. The minimum absolute atomic E-state index is 0.437. The van der Waals surface area contributed by atoms with Gasteiger partial charge in [0.1, 0.15) is 11.5 Å². The summed E-state index contributed by atoms with van der Waals surface area (Å²) in [5, 5.41) is 18.4. The standard InChI is InChI=1S/C31H34N6O3/c1-38-28-6-4-3-5-25(28)27-10-8-24-20-33-30(35-37(24)27)34-26-9-7-22(19-29(26)39-2)31(21-32)13-11-23(12-14-31)36-15-17-40-18-16-36/h3-10,19-20,23H,11-18H2,1-2H3,(H,34,35)/t23-,31+. The van der Waals surface area contributed by atoms with E-state index in [9.17, 15) is 5.26 Å². The molecular formula is C31H34N6O3. The van der Waals surface area contributed by atoms with Crippen molar-refractivity contribution in [2.24, 2.45) is 0 Å². The van der Waals surface area contributed by atoms with E-state index in [-0.39, 0.29) is 0 Å². The molecule has 2 aromatic carbocycles. The van der Waals surface area contributed by atoms with Crippen molar-refractivity contribution in [1.82, 2.24) is 19.5 Å². The van der Waals surface area contributed by atoms with Crippen LogP contribution < -0.4 is 14.8 Å². The normalized spacial score (nSPS) is 21.6. The van der Waals surface area contributed by atoms with Crippen LogP contribution in [-0.4, -0.2) is 66.1 Å². The van der Waals surface area contributed by atoms with Crippen molar-refractivity contribution in [1.29, 1.82) is 5.26 Å². The van der Waals surface area contributed by atoms with E-state index >= 15 is 0 Å². The monoisotopic (exact) mass is 538 g/mol. The van der Waals surface area contributed by atoms with Crippen molar-refractivity contribution in [3.63, 3.8) is 0 Å². The van der Waals surface area contributed by atoms with Crippen LogP contribution in [0.15, 0.2) is 60.8 Å². The molecule has 1 aliphatic heterocycles. The van der Waals surface area contributed by atoms with Crippen molar-refractivity contribution < 1.29 is 14.2 Å². The summed E-state index contributed by atoms with van der Waals surface area (Å²) in [7, 11) is 3.31. The highest BCUT2D eigenvalue weighted by atomic mass is 16.5. The number of rotatable bonds is 7. The zero-order valence-electron chi connectivity index (χ0n) is 23.0. The molecule has 4 aromatic rings. The van der Waals surface area contributed by atoms with Gasteiger partial charge in [-0.15, -0.1) is 5.10 Å². The van der Waals surface area contributed by atoms with E-state index in [0.717, 1.165) is 85.8 Å². The van der Waals surface area contributed by atoms with Gasteiger partial charge in [0.15, 0.2) is 0 Å². The maximum Gasteiger partial charge on any atom is 0.245 e. The van der Waals surface area contributed by atoms with E-state index in [1.54, 1.807) is 20.4 Å². The molecule has 1 saturated carbocycles. The second kappa shape index (κ2) is 11.2. The summed E-state index contributed by atoms with van der Waals surface area (Å²) in [5.74, 6) is 1.87. The van der Waals surface area contributed by atoms with Crippen LogP contribution in [0, 0.1) is 11.3 Å². The van der Waals surface area contributed by atoms with Crippen LogP contribution in [0.3, 0.4) is 0 Å². The number of anilines is 2. The molecule has 0 unspecified atom stereocenters. The molecule has 0 bridgehead atoms. The van der Waals surface area contributed by atoms with Gasteiger partial charge >= 0.3 is 0 Å². The number of nitriles is 1. The van der Waals surface area contributed by atoms with Crippen LogP contribution >= 0.6 is 0 Å². The molecule has 1 saturated heterocycles. The molecule has 2 fully saturated rings. The lowest BCUT2D eigenvalue weighted by Gasteiger charge is -2.41. The highest BCUT2D eigenvalue weighted by molar-refractivity contribution is 5.72. The van der Waals surface area contributed by atoms with Crippen LogP contribution in [-0.2, 0) is 10.2 Å². The number of fused-ring (bicyclic) bond motifs is 1. The molecule has 2 aromatic heterocycles. The molecule has 9 heteroatoms. The molecule has 1 N–H and O–H groups in total. The first-order chi connectivity index (χ1) is 19.6. The van der Waals surface area contributed by atoms with Gasteiger partial charge in [0.2, 0.25) is 5.95 Å². The highest BCUT2D eigenvalue weighted by Crippen LogP contribution is 2.43. The smallest absolute Gasteiger partial charge is 0.245 e. The van der Waals surface area contributed by atoms with Gasteiger partial charge in [0.05, 0.1) is 62.0 Å². The molecule has 3 heterocycles. The molecule has 0 spiro atoms. The average molecular weight is 539 g/mol. The molecule has 2 aliphatic rings. The van der Waals surface area contributed by atoms with Gasteiger partial charge in [0.25, 0.3) is 0 Å². The number of morpholine rings is 1. The zero-order valence-corrected chi connectivity index (χ0v) is 23.0. The summed E-state index contributed by atoms with van der Waals surface area (Å²) in [5.41, 5.74) is 3.95. The van der Waals surface area contributed by atoms with E-state index < -0.39 is 5.41 Å². The van der Waals surface area contributed by atoms with Gasteiger partial charge in [0, 0.05) is 24.7 Å². The number of hydrogen-bond acceptors (Lipinski definition) is 8. The van der Waals surface area contributed by atoms with Crippen LogP contribution in [0.4, 0.5) is 11.6 Å². The van der Waals surface area contributed by atoms with E-state index in [4.69, 9.17) is 19.3 Å². The zero-order chi connectivity index (χ0) is 27.5. The Morgan fingerprint density at radius 1 is 1.00 bits per heavy atom. The molecule has 40 heavy (non-hydrogen) atoms. The van der Waals surface area contributed by atoms with Crippen molar-refractivity contribution in [3.05, 3.63) is 66.4 Å². The van der Waals surface area contributed by atoms with E-state index in [1.165, 1.54) is 0 Å². The van der Waals surface area contributed by atoms with Crippen LogP contribution in [0.2, 0.25) is 0 Å². The Kier molecular flexibility index (Phi) is 7.29. The van der Waals surface area contributed by atoms with E-state index in [2.05, 4.69) is 21.3 Å². The first kappa shape index (κ1) is 26.1. The van der Waals surface area contributed by atoms with Crippen molar-refractivity contribution in [2.75, 3.05) is 45.8 Å². The topological polar surface area (TPSA) is 96.9 Å². The number of methoxy groups -OCH3 is 2. The Morgan fingerprint density at radius 2 is 1.77 bits per heavy atom. The van der Waals surface area contributed by atoms with Gasteiger partial charge in [-0.3, -0.25) is 4.90 Å². The third kappa shape index (κ3) is 4.85. The summed E-state index contributed by atoms with van der Waals surface area (Å²) in [6.07, 6.45) is 5.47. The second-order valence-electron chi connectivity index (χ2n) is 10.5. The number of benzene rings is 2.